The highest BCUT2D eigenvalue weighted by atomic mass is 28.4. The fourth-order valence-corrected chi connectivity index (χ4v) is 13.9. The molecular weight excluding hydrogens is 260 g/mol. The summed E-state index contributed by atoms with van der Waals surface area (Å²) in [7, 11) is 0.191. The first kappa shape index (κ1) is 16.5. The van der Waals surface area contributed by atoms with Gasteiger partial charge in [0, 0.05) is 7.11 Å². The van der Waals surface area contributed by atoms with E-state index in [0.29, 0.717) is 10.1 Å². The third-order valence-electron chi connectivity index (χ3n) is 10.4. The van der Waals surface area contributed by atoms with Crippen LogP contribution in [0.1, 0.15) is 69.2 Å². The molecule has 1 aliphatic heterocycles. The van der Waals surface area contributed by atoms with Crippen LogP contribution in [0.4, 0.5) is 0 Å². The van der Waals surface area contributed by atoms with Crippen molar-refractivity contribution in [2.24, 2.45) is 21.7 Å². The summed E-state index contributed by atoms with van der Waals surface area (Å²) in [6.07, 6.45) is 0. The van der Waals surface area contributed by atoms with Crippen molar-refractivity contribution in [3.63, 3.8) is 0 Å². The highest BCUT2D eigenvalue weighted by molar-refractivity contribution is 6.91. The monoisotopic (exact) mass is 296 g/mol. The van der Waals surface area contributed by atoms with E-state index >= 15 is 0 Å². The fraction of sp³-hybridized carbons (Fsp3) is 1.00. The van der Waals surface area contributed by atoms with Gasteiger partial charge in [-0.05, 0) is 38.3 Å². The molecule has 0 spiro atoms. The summed E-state index contributed by atoms with van der Waals surface area (Å²) in [4.78, 5) is 0. The summed E-state index contributed by atoms with van der Waals surface area (Å²) in [6.45, 7) is 27.5. The van der Waals surface area contributed by atoms with Gasteiger partial charge in [0.15, 0.2) is 0 Å². The highest BCUT2D eigenvalue weighted by Crippen LogP contribution is 3.00. The van der Waals surface area contributed by atoms with Gasteiger partial charge in [0.25, 0.3) is 0 Å². The zero-order chi connectivity index (χ0) is 16.2. The molecule has 0 radical (unpaired) electrons. The lowest BCUT2D eigenvalue weighted by molar-refractivity contribution is -0.165. The van der Waals surface area contributed by atoms with Gasteiger partial charge in [-0.25, -0.2) is 0 Å². The molecule has 118 valence electrons. The van der Waals surface area contributed by atoms with Gasteiger partial charge in [0.1, 0.15) is 0 Å². The predicted molar refractivity (Wildman–Crippen MR) is 90.5 cm³/mol. The van der Waals surface area contributed by atoms with Crippen LogP contribution in [0.25, 0.3) is 0 Å². The van der Waals surface area contributed by atoms with Gasteiger partial charge >= 0.3 is 0 Å². The molecule has 2 atom stereocenters. The van der Waals surface area contributed by atoms with Crippen molar-refractivity contribution >= 4 is 8.32 Å². The Morgan fingerprint density at radius 2 is 0.800 bits per heavy atom. The van der Waals surface area contributed by atoms with Gasteiger partial charge in [0.05, 0.1) is 0 Å². The van der Waals surface area contributed by atoms with Crippen molar-refractivity contribution in [3.05, 3.63) is 0 Å². The summed E-state index contributed by atoms with van der Waals surface area (Å²) in [5, 5.41) is 0.647. The molecule has 0 bridgehead atoms. The van der Waals surface area contributed by atoms with Crippen molar-refractivity contribution in [1.29, 1.82) is 0 Å². The van der Waals surface area contributed by atoms with Crippen molar-refractivity contribution in [2.75, 3.05) is 7.11 Å². The van der Waals surface area contributed by atoms with Crippen molar-refractivity contribution in [1.82, 2.24) is 0 Å². The molecule has 0 amide bonds. The van der Waals surface area contributed by atoms with Crippen molar-refractivity contribution in [3.8, 4) is 0 Å². The molecule has 2 heteroatoms. The smallest absolute Gasteiger partial charge is 0.202 e. The molecular formula is C18H36OSi. The van der Waals surface area contributed by atoms with Gasteiger partial charge in [-0.3, -0.25) is 0 Å². The number of hydrogen-bond acceptors (Lipinski definition) is 1. The molecule has 1 saturated heterocycles. The lowest BCUT2D eigenvalue weighted by Crippen LogP contribution is -2.59. The van der Waals surface area contributed by atoms with Crippen LogP contribution in [0.3, 0.4) is 0 Å². The maximum atomic E-state index is 6.30. The zero-order valence-corrected chi connectivity index (χ0v) is 16.9. The zero-order valence-electron chi connectivity index (χ0n) is 15.9. The summed E-state index contributed by atoms with van der Waals surface area (Å²) < 4.78 is 6.30. The molecule has 2 unspecified atom stereocenters. The van der Waals surface area contributed by atoms with E-state index in [0.717, 1.165) is 0 Å². The van der Waals surface area contributed by atoms with Gasteiger partial charge in [-0.1, -0.05) is 69.2 Å². The molecule has 1 aliphatic carbocycles. The normalized spacial score (nSPS) is 50.4. The van der Waals surface area contributed by atoms with Crippen LogP contribution < -0.4 is 0 Å². The topological polar surface area (TPSA) is 9.23 Å². The lowest BCUT2D eigenvalue weighted by Gasteiger charge is -2.68. The minimum Gasteiger partial charge on any atom is -0.419 e. The SMILES string of the molecule is CO[Si]1(C)C2(C)C(C)(C)C(C)(C)C(C)(C)C(C)(C)C21C. The van der Waals surface area contributed by atoms with Crippen LogP contribution in [0.15, 0.2) is 0 Å². The Morgan fingerprint density at radius 3 is 1.00 bits per heavy atom. The van der Waals surface area contributed by atoms with Crippen LogP contribution >= 0.6 is 0 Å². The Labute approximate surface area is 128 Å². The first-order chi connectivity index (χ1) is 8.56. The molecule has 2 rings (SSSR count). The third kappa shape index (κ3) is 1.00. The maximum absolute atomic E-state index is 6.30. The van der Waals surface area contributed by atoms with Crippen LogP contribution in [-0.2, 0) is 4.43 Å². The molecule has 1 nitrogen and oxygen atoms in total. The van der Waals surface area contributed by atoms with Crippen LogP contribution in [0.2, 0.25) is 16.6 Å². The van der Waals surface area contributed by atoms with Crippen molar-refractivity contribution < 1.29 is 4.43 Å². The van der Waals surface area contributed by atoms with Gasteiger partial charge in [-0.2, -0.15) is 0 Å². The van der Waals surface area contributed by atoms with Gasteiger partial charge in [-0.15, -0.1) is 0 Å². The summed E-state index contributed by atoms with van der Waals surface area (Å²) in [6, 6.07) is 0. The Balaban J connectivity index is 2.85. The van der Waals surface area contributed by atoms with Crippen molar-refractivity contribution in [2.45, 2.75) is 85.9 Å². The Bertz CT molecular complexity index is 422. The molecule has 2 aliphatic rings. The Morgan fingerprint density at radius 1 is 0.550 bits per heavy atom. The van der Waals surface area contributed by atoms with E-state index in [-0.39, 0.29) is 21.7 Å². The number of hydrogen-bond donors (Lipinski definition) is 0. The standard InChI is InChI=1S/C18H36OSi/c1-13(2)14(3,4)16(7,8)18(10)17(9,15(13,5)6)20(18,12)19-11/h1-12H3. The van der Waals surface area contributed by atoms with Gasteiger partial charge in [0.2, 0.25) is 8.32 Å². The molecule has 20 heavy (non-hydrogen) atoms. The van der Waals surface area contributed by atoms with Gasteiger partial charge < -0.3 is 4.43 Å². The first-order valence-electron chi connectivity index (χ1n) is 8.11. The van der Waals surface area contributed by atoms with E-state index in [1.807, 2.05) is 7.11 Å². The van der Waals surface area contributed by atoms with Crippen LogP contribution in [0.5, 0.6) is 0 Å². The fourth-order valence-electron chi connectivity index (χ4n) is 6.75. The molecule has 1 saturated carbocycles. The first-order valence-corrected chi connectivity index (χ1v) is 10.5. The van der Waals surface area contributed by atoms with E-state index in [2.05, 4.69) is 75.8 Å². The third-order valence-corrected chi connectivity index (χ3v) is 17.1. The average Bonchev–Trinajstić information content (AvgIpc) is 2.73. The molecule has 0 aromatic rings. The van der Waals surface area contributed by atoms with E-state index in [1.54, 1.807) is 0 Å². The van der Waals surface area contributed by atoms with E-state index < -0.39 is 8.32 Å². The van der Waals surface area contributed by atoms with E-state index in [9.17, 15) is 0 Å². The molecule has 1 heterocycles. The largest absolute Gasteiger partial charge is 0.419 e. The molecule has 0 aromatic carbocycles. The van der Waals surface area contributed by atoms with E-state index in [4.69, 9.17) is 4.43 Å². The second kappa shape index (κ2) is 3.40. The minimum atomic E-state index is -1.77. The molecule has 0 N–H and O–H groups in total. The summed E-state index contributed by atoms with van der Waals surface area (Å²) in [5.74, 6) is 0. The predicted octanol–water partition coefficient (Wildman–Crippen LogP) is 5.86. The quantitative estimate of drug-likeness (QED) is 0.551. The van der Waals surface area contributed by atoms with Crippen LogP contribution in [-0.4, -0.2) is 15.4 Å². The minimum absolute atomic E-state index is 0.265. The molecule has 0 aromatic heterocycles. The number of fused-ring (bicyclic) bond motifs is 1. The molecule has 2 fully saturated rings. The summed E-state index contributed by atoms with van der Waals surface area (Å²) >= 11 is 0. The van der Waals surface area contributed by atoms with Crippen LogP contribution in [0, 0.1) is 21.7 Å². The highest BCUT2D eigenvalue weighted by Gasteiger charge is 2.95. The lowest BCUT2D eigenvalue weighted by atomic mass is 9.36. The van der Waals surface area contributed by atoms with E-state index in [1.165, 1.54) is 0 Å². The second-order valence-electron chi connectivity index (χ2n) is 9.99. The Kier molecular flexibility index (Phi) is 2.81. The average molecular weight is 297 g/mol. The summed E-state index contributed by atoms with van der Waals surface area (Å²) in [5.41, 5.74) is 1.07. The second-order valence-corrected chi connectivity index (χ2v) is 14.5. The number of rotatable bonds is 1. The maximum Gasteiger partial charge on any atom is 0.202 e. The Hall–Kier alpha value is 0.177.